The van der Waals surface area contributed by atoms with Crippen molar-refractivity contribution < 1.29 is 4.92 Å². The van der Waals surface area contributed by atoms with E-state index < -0.39 is 0 Å². The quantitative estimate of drug-likeness (QED) is 0.466. The highest BCUT2D eigenvalue weighted by atomic mass is 31.0. The molecule has 0 spiro atoms. The second-order valence-electron chi connectivity index (χ2n) is 4.69. The average Bonchev–Trinajstić information content (AvgIpc) is 2.75. The number of aliphatic imine (C=N–C) groups is 1. The fourth-order valence-electron chi connectivity index (χ4n) is 2.07. The Bertz CT molecular complexity index is 530. The minimum atomic E-state index is -0.370. The molecule has 0 radical (unpaired) electrons. The Kier molecular flexibility index (Phi) is 4.12. The molecular weight excluding hydrogens is 263 g/mol. The van der Waals surface area contributed by atoms with E-state index in [0.29, 0.717) is 5.30 Å². The van der Waals surface area contributed by atoms with E-state index in [-0.39, 0.29) is 10.6 Å². The van der Waals surface area contributed by atoms with Crippen LogP contribution in [0.4, 0.5) is 11.4 Å². The van der Waals surface area contributed by atoms with Crippen molar-refractivity contribution in [3.8, 4) is 0 Å². The second kappa shape index (κ2) is 5.63. The molecule has 0 aliphatic carbocycles. The molecule has 0 aromatic heterocycles. The lowest BCUT2D eigenvalue weighted by Crippen LogP contribution is -2.35. The number of hydrogen-bond acceptors (Lipinski definition) is 5. The van der Waals surface area contributed by atoms with Gasteiger partial charge in [-0.2, -0.15) is 0 Å². The average molecular weight is 280 g/mol. The lowest BCUT2D eigenvalue weighted by molar-refractivity contribution is -0.383. The maximum Gasteiger partial charge on any atom is 0.276 e. The van der Waals surface area contributed by atoms with E-state index in [1.165, 1.54) is 0 Å². The molecule has 6 nitrogen and oxygen atoms in total. The van der Waals surface area contributed by atoms with Gasteiger partial charge in [0.1, 0.15) is 5.84 Å². The molecule has 0 saturated carbocycles. The van der Waals surface area contributed by atoms with Crippen molar-refractivity contribution in [3.63, 3.8) is 0 Å². The van der Waals surface area contributed by atoms with Crippen LogP contribution in [0, 0.1) is 10.1 Å². The largest absolute Gasteiger partial charge is 0.327 e. The van der Waals surface area contributed by atoms with Gasteiger partial charge in [-0.05, 0) is 26.2 Å². The molecular formula is C12H17N4O2P. The highest BCUT2D eigenvalue weighted by molar-refractivity contribution is 7.28. The summed E-state index contributed by atoms with van der Waals surface area (Å²) in [6.45, 7) is 2.36. The molecule has 1 aliphatic rings. The van der Waals surface area contributed by atoms with E-state index in [1.54, 1.807) is 12.1 Å². The van der Waals surface area contributed by atoms with Crippen molar-refractivity contribution in [2.75, 3.05) is 38.6 Å². The van der Waals surface area contributed by atoms with Gasteiger partial charge >= 0.3 is 0 Å². The summed E-state index contributed by atoms with van der Waals surface area (Å²) >= 11 is 0. The molecule has 7 heteroatoms. The molecule has 0 saturated heterocycles. The van der Waals surface area contributed by atoms with Crippen molar-refractivity contribution in [1.29, 1.82) is 0 Å². The Morgan fingerprint density at radius 1 is 1.53 bits per heavy atom. The van der Waals surface area contributed by atoms with Crippen molar-refractivity contribution in [3.05, 3.63) is 28.3 Å². The predicted molar refractivity (Wildman–Crippen MR) is 80.6 cm³/mol. The van der Waals surface area contributed by atoms with Crippen LogP contribution in [0.5, 0.6) is 0 Å². The summed E-state index contributed by atoms with van der Waals surface area (Å²) in [4.78, 5) is 19.1. The first-order valence-electron chi connectivity index (χ1n) is 5.98. The standard InChI is InChI=1S/C12H17N4O2P/c1-14(2)8-12-13-5-6-15(12)9-3-4-10(16(17)18)11(19)7-9/h3-4,7H,5-6,8,19H2,1-2H3. The van der Waals surface area contributed by atoms with Crippen LogP contribution in [0.15, 0.2) is 23.2 Å². The van der Waals surface area contributed by atoms with Gasteiger partial charge in [-0.15, -0.1) is 0 Å². The number of nitro benzene ring substituents is 1. The molecule has 19 heavy (non-hydrogen) atoms. The molecule has 0 amide bonds. The molecule has 1 heterocycles. The monoisotopic (exact) mass is 280 g/mol. The third-order valence-electron chi connectivity index (χ3n) is 2.91. The van der Waals surface area contributed by atoms with Crippen LogP contribution in [0.2, 0.25) is 0 Å². The molecule has 0 N–H and O–H groups in total. The second-order valence-corrected chi connectivity index (χ2v) is 5.31. The summed E-state index contributed by atoms with van der Waals surface area (Å²) in [5, 5.41) is 11.4. The van der Waals surface area contributed by atoms with Crippen molar-refractivity contribution in [2.24, 2.45) is 4.99 Å². The van der Waals surface area contributed by atoms with Crippen LogP contribution < -0.4 is 10.2 Å². The normalized spacial score (nSPS) is 14.9. The third-order valence-corrected chi connectivity index (χ3v) is 3.37. The van der Waals surface area contributed by atoms with Crippen LogP contribution in [0.1, 0.15) is 0 Å². The van der Waals surface area contributed by atoms with Gasteiger partial charge in [-0.1, -0.05) is 9.24 Å². The Hall–Kier alpha value is -1.52. The zero-order valence-corrected chi connectivity index (χ0v) is 12.2. The zero-order valence-electron chi connectivity index (χ0n) is 11.0. The topological polar surface area (TPSA) is 62.0 Å². The first-order valence-corrected chi connectivity index (χ1v) is 6.56. The summed E-state index contributed by atoms with van der Waals surface area (Å²) in [5.74, 6) is 1.00. The SMILES string of the molecule is CN(C)CC1=NCCN1c1ccc([N+](=O)[O-])c(P)c1. The molecule has 1 atom stereocenters. The molecule has 1 unspecified atom stereocenters. The van der Waals surface area contributed by atoms with E-state index >= 15 is 0 Å². The Morgan fingerprint density at radius 3 is 2.84 bits per heavy atom. The Labute approximate surface area is 114 Å². The number of nitrogens with zero attached hydrogens (tertiary/aromatic N) is 4. The minimum absolute atomic E-state index is 0.124. The van der Waals surface area contributed by atoms with Gasteiger partial charge < -0.3 is 9.80 Å². The summed E-state index contributed by atoms with van der Waals surface area (Å²) in [6.07, 6.45) is 0. The van der Waals surface area contributed by atoms with E-state index in [0.717, 1.165) is 31.2 Å². The Balaban J connectivity index is 2.25. The van der Waals surface area contributed by atoms with Crippen molar-refractivity contribution >= 4 is 31.8 Å². The minimum Gasteiger partial charge on any atom is -0.327 e. The number of rotatable bonds is 4. The van der Waals surface area contributed by atoms with Gasteiger partial charge in [0.25, 0.3) is 5.69 Å². The van der Waals surface area contributed by atoms with Crippen molar-refractivity contribution in [2.45, 2.75) is 0 Å². The molecule has 102 valence electrons. The fourth-order valence-corrected chi connectivity index (χ4v) is 2.44. The van der Waals surface area contributed by atoms with Crippen LogP contribution >= 0.6 is 9.24 Å². The predicted octanol–water partition coefficient (Wildman–Crippen LogP) is 0.875. The van der Waals surface area contributed by atoms with Gasteiger partial charge in [0.15, 0.2) is 0 Å². The zero-order chi connectivity index (χ0) is 14.0. The van der Waals surface area contributed by atoms with Crippen LogP contribution in [-0.2, 0) is 0 Å². The molecule has 1 aromatic carbocycles. The number of benzene rings is 1. The number of anilines is 1. The smallest absolute Gasteiger partial charge is 0.276 e. The number of nitro groups is 1. The first-order chi connectivity index (χ1) is 8.99. The van der Waals surface area contributed by atoms with E-state index in [1.807, 2.05) is 20.2 Å². The van der Waals surface area contributed by atoms with Gasteiger partial charge in [0.05, 0.1) is 18.0 Å². The third kappa shape index (κ3) is 3.08. The molecule has 1 aromatic rings. The first kappa shape index (κ1) is 13.9. The van der Waals surface area contributed by atoms with Crippen LogP contribution in [0.3, 0.4) is 0 Å². The van der Waals surface area contributed by atoms with E-state index in [2.05, 4.69) is 24.0 Å². The molecule has 0 bridgehead atoms. The number of likely N-dealkylation sites (N-methyl/N-ethyl adjacent to an activating group) is 1. The van der Waals surface area contributed by atoms with Crippen molar-refractivity contribution in [1.82, 2.24) is 4.90 Å². The van der Waals surface area contributed by atoms with Gasteiger partial charge in [0.2, 0.25) is 0 Å². The van der Waals surface area contributed by atoms with Gasteiger partial charge in [-0.25, -0.2) is 0 Å². The highest BCUT2D eigenvalue weighted by Crippen LogP contribution is 2.22. The maximum absolute atomic E-state index is 10.8. The summed E-state index contributed by atoms with van der Waals surface area (Å²) in [7, 11) is 6.42. The van der Waals surface area contributed by atoms with Crippen LogP contribution in [-0.4, -0.2) is 49.4 Å². The summed E-state index contributed by atoms with van der Waals surface area (Å²) in [5.41, 5.74) is 1.08. The number of hydrogen-bond donors (Lipinski definition) is 0. The fraction of sp³-hybridized carbons (Fsp3) is 0.417. The van der Waals surface area contributed by atoms with E-state index in [9.17, 15) is 10.1 Å². The van der Waals surface area contributed by atoms with Crippen LogP contribution in [0.25, 0.3) is 0 Å². The summed E-state index contributed by atoms with van der Waals surface area (Å²) in [6, 6.07) is 5.14. The van der Waals surface area contributed by atoms with Gasteiger partial charge in [0, 0.05) is 23.6 Å². The highest BCUT2D eigenvalue weighted by Gasteiger charge is 2.21. The lowest BCUT2D eigenvalue weighted by Gasteiger charge is -2.22. The molecule has 1 aliphatic heterocycles. The van der Waals surface area contributed by atoms with Gasteiger partial charge in [-0.3, -0.25) is 15.1 Å². The Morgan fingerprint density at radius 2 is 2.26 bits per heavy atom. The number of amidine groups is 1. The van der Waals surface area contributed by atoms with E-state index in [4.69, 9.17) is 0 Å². The maximum atomic E-state index is 10.8. The lowest BCUT2D eigenvalue weighted by atomic mass is 10.2. The molecule has 2 rings (SSSR count). The molecule has 0 fully saturated rings. The summed E-state index contributed by atoms with van der Waals surface area (Å²) < 4.78 is 0.